The average Bonchev–Trinajstić information content (AvgIpc) is 2.91. The van der Waals surface area contributed by atoms with Gasteiger partial charge in [-0.3, -0.25) is 9.78 Å². The summed E-state index contributed by atoms with van der Waals surface area (Å²) >= 11 is 1.65. The van der Waals surface area contributed by atoms with Crippen LogP contribution in [-0.4, -0.2) is 33.9 Å². The highest BCUT2D eigenvalue weighted by atomic mass is 32.2. The SMILES string of the molecule is CCc1cc(N(C)C2CCCCC2)nc(SCc2ccc(C(=O)NCc3ccccn3)cc2)n1. The van der Waals surface area contributed by atoms with Crippen molar-refractivity contribution in [3.05, 3.63) is 77.2 Å². The minimum absolute atomic E-state index is 0.0979. The number of nitrogens with zero attached hydrogens (tertiary/aromatic N) is 4. The van der Waals surface area contributed by atoms with Crippen LogP contribution in [0.2, 0.25) is 0 Å². The summed E-state index contributed by atoms with van der Waals surface area (Å²) in [4.78, 5) is 28.7. The fourth-order valence-corrected chi connectivity index (χ4v) is 5.05. The average molecular weight is 476 g/mol. The molecule has 1 aliphatic rings. The maximum absolute atomic E-state index is 12.4. The van der Waals surface area contributed by atoms with Gasteiger partial charge in [0.1, 0.15) is 5.82 Å². The number of aromatic nitrogens is 3. The molecule has 0 aliphatic heterocycles. The Labute approximate surface area is 206 Å². The van der Waals surface area contributed by atoms with E-state index in [9.17, 15) is 4.79 Å². The Balaban J connectivity index is 1.35. The first-order valence-electron chi connectivity index (χ1n) is 12.1. The molecule has 0 bridgehead atoms. The summed E-state index contributed by atoms with van der Waals surface area (Å²) in [5.41, 5.74) is 3.70. The Bertz CT molecular complexity index is 1070. The van der Waals surface area contributed by atoms with Gasteiger partial charge >= 0.3 is 0 Å². The minimum atomic E-state index is -0.0979. The Hall–Kier alpha value is -2.93. The van der Waals surface area contributed by atoms with E-state index in [1.54, 1.807) is 18.0 Å². The van der Waals surface area contributed by atoms with Gasteiger partial charge in [-0.05, 0) is 49.1 Å². The summed E-state index contributed by atoms with van der Waals surface area (Å²) in [6, 6.07) is 16.1. The van der Waals surface area contributed by atoms with Crippen molar-refractivity contribution in [2.75, 3.05) is 11.9 Å². The standard InChI is InChI=1S/C27H33N5OS/c1-3-22-17-25(32(2)24-10-5-4-6-11-24)31-27(30-22)34-19-20-12-14-21(15-13-20)26(33)29-18-23-9-7-8-16-28-23/h7-9,12-17,24H,3-6,10-11,18-19H2,1-2H3,(H,29,33). The maximum Gasteiger partial charge on any atom is 0.251 e. The van der Waals surface area contributed by atoms with Crippen molar-refractivity contribution in [3.63, 3.8) is 0 Å². The first-order valence-corrected chi connectivity index (χ1v) is 13.1. The molecular formula is C27H33N5OS. The minimum Gasteiger partial charge on any atom is -0.357 e. The summed E-state index contributed by atoms with van der Waals surface area (Å²) in [6.45, 7) is 2.55. The summed E-state index contributed by atoms with van der Waals surface area (Å²) in [7, 11) is 2.17. The lowest BCUT2D eigenvalue weighted by atomic mass is 9.94. The van der Waals surface area contributed by atoms with Crippen LogP contribution >= 0.6 is 11.8 Å². The third kappa shape index (κ3) is 6.56. The number of aryl methyl sites for hydroxylation is 1. The van der Waals surface area contributed by atoms with Gasteiger partial charge in [0.15, 0.2) is 5.16 Å². The molecule has 1 fully saturated rings. The second-order valence-electron chi connectivity index (χ2n) is 8.75. The second kappa shape index (κ2) is 12.0. The van der Waals surface area contributed by atoms with Crippen LogP contribution in [0.3, 0.4) is 0 Å². The molecule has 34 heavy (non-hydrogen) atoms. The zero-order valence-corrected chi connectivity index (χ0v) is 20.9. The highest BCUT2D eigenvalue weighted by Gasteiger charge is 2.20. The Morgan fingerprint density at radius 1 is 1.06 bits per heavy atom. The van der Waals surface area contributed by atoms with Gasteiger partial charge in [-0.25, -0.2) is 9.97 Å². The molecular weight excluding hydrogens is 442 g/mol. The monoisotopic (exact) mass is 475 g/mol. The van der Waals surface area contributed by atoms with E-state index in [0.717, 1.165) is 40.1 Å². The number of anilines is 1. The molecule has 178 valence electrons. The van der Waals surface area contributed by atoms with Crippen molar-refractivity contribution in [3.8, 4) is 0 Å². The van der Waals surface area contributed by atoms with Gasteiger partial charge in [-0.15, -0.1) is 0 Å². The normalized spacial score (nSPS) is 14.1. The van der Waals surface area contributed by atoms with Crippen LogP contribution in [-0.2, 0) is 18.7 Å². The number of carbonyl (C=O) groups excluding carboxylic acids is 1. The lowest BCUT2D eigenvalue weighted by Crippen LogP contribution is -2.34. The van der Waals surface area contributed by atoms with E-state index < -0.39 is 0 Å². The molecule has 6 nitrogen and oxygen atoms in total. The predicted molar refractivity (Wildman–Crippen MR) is 138 cm³/mol. The van der Waals surface area contributed by atoms with Crippen molar-refractivity contribution >= 4 is 23.5 Å². The number of hydrogen-bond acceptors (Lipinski definition) is 6. The quantitative estimate of drug-likeness (QED) is 0.329. The van der Waals surface area contributed by atoms with Crippen LogP contribution in [0.5, 0.6) is 0 Å². The molecule has 1 aliphatic carbocycles. The van der Waals surface area contributed by atoms with Crippen LogP contribution in [0.1, 0.15) is 66.3 Å². The van der Waals surface area contributed by atoms with E-state index in [1.807, 2.05) is 42.5 Å². The number of rotatable bonds is 9. The van der Waals surface area contributed by atoms with Gasteiger partial charge in [0.05, 0.1) is 12.2 Å². The second-order valence-corrected chi connectivity index (χ2v) is 9.69. The van der Waals surface area contributed by atoms with Crippen molar-refractivity contribution in [2.24, 2.45) is 0 Å². The number of hydrogen-bond donors (Lipinski definition) is 1. The first kappa shape index (κ1) is 24.2. The van der Waals surface area contributed by atoms with Gasteiger partial charge in [-0.2, -0.15) is 0 Å². The fourth-order valence-electron chi connectivity index (χ4n) is 4.22. The van der Waals surface area contributed by atoms with Crippen LogP contribution in [0, 0.1) is 0 Å². The number of pyridine rings is 1. The van der Waals surface area contributed by atoms with Gasteiger partial charge in [0.25, 0.3) is 5.91 Å². The van der Waals surface area contributed by atoms with Gasteiger partial charge in [0, 0.05) is 42.4 Å². The highest BCUT2D eigenvalue weighted by molar-refractivity contribution is 7.98. The van der Waals surface area contributed by atoms with Crippen molar-refractivity contribution in [1.82, 2.24) is 20.3 Å². The highest BCUT2D eigenvalue weighted by Crippen LogP contribution is 2.28. The molecule has 0 radical (unpaired) electrons. The topological polar surface area (TPSA) is 71.0 Å². The molecule has 7 heteroatoms. The summed E-state index contributed by atoms with van der Waals surface area (Å²) in [5.74, 6) is 1.69. The van der Waals surface area contributed by atoms with E-state index in [2.05, 4.69) is 35.2 Å². The van der Waals surface area contributed by atoms with E-state index >= 15 is 0 Å². The number of benzene rings is 1. The number of nitrogens with one attached hydrogen (secondary N) is 1. The molecule has 0 atom stereocenters. The molecule has 2 aromatic heterocycles. The first-order chi connectivity index (χ1) is 16.6. The van der Waals surface area contributed by atoms with Gasteiger partial charge in [-0.1, -0.05) is 56.1 Å². The molecule has 1 aromatic carbocycles. The van der Waals surface area contributed by atoms with Crippen molar-refractivity contribution in [1.29, 1.82) is 0 Å². The molecule has 0 spiro atoms. The molecule has 0 saturated heterocycles. The number of carbonyl (C=O) groups is 1. The smallest absolute Gasteiger partial charge is 0.251 e. The van der Waals surface area contributed by atoms with Crippen LogP contribution in [0.4, 0.5) is 5.82 Å². The van der Waals surface area contributed by atoms with E-state index in [-0.39, 0.29) is 5.91 Å². The molecule has 0 unspecified atom stereocenters. The van der Waals surface area contributed by atoms with E-state index in [1.165, 1.54) is 32.1 Å². The van der Waals surface area contributed by atoms with Crippen molar-refractivity contribution in [2.45, 2.75) is 68.9 Å². The molecule has 2 heterocycles. The lowest BCUT2D eigenvalue weighted by molar-refractivity contribution is 0.0950. The Kier molecular flexibility index (Phi) is 8.52. The van der Waals surface area contributed by atoms with Crippen LogP contribution < -0.4 is 10.2 Å². The van der Waals surface area contributed by atoms with Crippen LogP contribution in [0.15, 0.2) is 59.9 Å². The summed E-state index contributed by atoms with van der Waals surface area (Å²) in [5, 5.41) is 3.73. The van der Waals surface area contributed by atoms with Crippen LogP contribution in [0.25, 0.3) is 0 Å². The molecule has 1 N–H and O–H groups in total. The van der Waals surface area contributed by atoms with Gasteiger partial charge < -0.3 is 10.2 Å². The number of thioether (sulfide) groups is 1. The summed E-state index contributed by atoms with van der Waals surface area (Å²) in [6.07, 6.45) is 9.06. The fraction of sp³-hybridized carbons (Fsp3) is 0.407. The molecule has 3 aromatic rings. The predicted octanol–water partition coefficient (Wildman–Crippen LogP) is 5.43. The van der Waals surface area contributed by atoms with Gasteiger partial charge in [0.2, 0.25) is 0 Å². The van der Waals surface area contributed by atoms with E-state index in [0.29, 0.717) is 18.2 Å². The molecule has 1 amide bonds. The largest absolute Gasteiger partial charge is 0.357 e. The zero-order valence-electron chi connectivity index (χ0n) is 20.0. The molecule has 4 rings (SSSR count). The lowest BCUT2D eigenvalue weighted by Gasteiger charge is -2.32. The third-order valence-electron chi connectivity index (χ3n) is 6.33. The maximum atomic E-state index is 12.4. The Morgan fingerprint density at radius 2 is 1.85 bits per heavy atom. The molecule has 1 saturated carbocycles. The van der Waals surface area contributed by atoms with E-state index in [4.69, 9.17) is 9.97 Å². The number of amides is 1. The zero-order chi connectivity index (χ0) is 23.8. The third-order valence-corrected chi connectivity index (χ3v) is 7.25. The summed E-state index contributed by atoms with van der Waals surface area (Å²) < 4.78 is 0. The Morgan fingerprint density at radius 3 is 2.56 bits per heavy atom. The van der Waals surface area contributed by atoms with Crippen molar-refractivity contribution < 1.29 is 4.79 Å².